The van der Waals surface area contributed by atoms with Gasteiger partial charge in [-0.1, -0.05) is 18.3 Å². The number of H-pyrrole nitrogens is 1. The Morgan fingerprint density at radius 2 is 2.03 bits per heavy atom. The molecule has 9 heteroatoms. The highest BCUT2D eigenvalue weighted by Crippen LogP contribution is 2.27. The Balaban J connectivity index is 1.40. The van der Waals surface area contributed by atoms with E-state index in [4.69, 9.17) is 4.74 Å². The predicted molar refractivity (Wildman–Crippen MR) is 128 cm³/mol. The molecule has 3 heterocycles. The van der Waals surface area contributed by atoms with E-state index in [1.165, 1.54) is 5.56 Å². The number of nitrogens with one attached hydrogen (secondary N) is 2. The molecule has 0 saturated carbocycles. The third-order valence-electron chi connectivity index (χ3n) is 6.01. The molecule has 0 unspecified atom stereocenters. The number of rotatable bonds is 7. The van der Waals surface area contributed by atoms with Gasteiger partial charge in [-0.25, -0.2) is 5.10 Å². The van der Waals surface area contributed by atoms with Crippen LogP contribution in [0.5, 0.6) is 5.75 Å². The summed E-state index contributed by atoms with van der Waals surface area (Å²) in [5.74, 6) is 0.550. The minimum atomic E-state index is -0.177. The molecule has 4 rings (SSSR count). The number of aryl methyl sites for hydroxylation is 2. The van der Waals surface area contributed by atoms with E-state index in [0.29, 0.717) is 24.5 Å². The fourth-order valence-electron chi connectivity index (χ4n) is 4.46. The molecule has 1 amide bonds. The number of hydrogen-bond acceptors (Lipinski definition) is 7. The number of ether oxygens (including phenoxy) is 1. The summed E-state index contributed by atoms with van der Waals surface area (Å²) in [7, 11) is 2.00. The monoisotopic (exact) mass is 467 g/mol. The molecule has 1 fully saturated rings. The van der Waals surface area contributed by atoms with Crippen molar-refractivity contribution in [1.29, 1.82) is 0 Å². The predicted octanol–water partition coefficient (Wildman–Crippen LogP) is 2.81. The number of benzene rings is 1. The highest BCUT2D eigenvalue weighted by atomic mass is 32.1. The molecule has 1 saturated heterocycles. The van der Waals surface area contributed by atoms with Gasteiger partial charge in [0.05, 0.1) is 6.04 Å². The number of aromatic nitrogens is 3. The highest BCUT2D eigenvalue weighted by Gasteiger charge is 2.35. The molecular formula is C24H29N5O3S. The van der Waals surface area contributed by atoms with E-state index >= 15 is 0 Å². The largest absolute Gasteiger partial charge is 0.489 e. The van der Waals surface area contributed by atoms with Gasteiger partial charge in [0.1, 0.15) is 17.4 Å². The van der Waals surface area contributed by atoms with Crippen molar-refractivity contribution in [2.75, 3.05) is 20.1 Å². The second-order valence-corrected chi connectivity index (χ2v) is 9.51. The summed E-state index contributed by atoms with van der Waals surface area (Å²) in [6, 6.07) is 9.14. The molecule has 1 aliphatic rings. The normalized spacial score (nSPS) is 18.4. The molecule has 2 atom stereocenters. The van der Waals surface area contributed by atoms with Crippen molar-refractivity contribution in [2.24, 2.45) is 0 Å². The molecule has 33 heavy (non-hydrogen) atoms. The lowest BCUT2D eigenvalue weighted by molar-refractivity contribution is 0.0935. The van der Waals surface area contributed by atoms with Gasteiger partial charge in [0.2, 0.25) is 0 Å². The average Bonchev–Trinajstić information content (AvgIpc) is 3.37. The smallest absolute Gasteiger partial charge is 0.322 e. The first-order valence-corrected chi connectivity index (χ1v) is 11.9. The Kier molecular flexibility index (Phi) is 6.90. The number of likely N-dealkylation sites (tertiary alicyclic amines) is 1. The molecule has 2 N–H and O–H groups in total. The van der Waals surface area contributed by atoms with Gasteiger partial charge in [-0.3, -0.25) is 14.6 Å². The number of carbonyl (C=O) groups is 1. The zero-order valence-electron chi connectivity index (χ0n) is 19.3. The molecule has 0 radical (unpaired) electrons. The minimum Gasteiger partial charge on any atom is -0.489 e. The van der Waals surface area contributed by atoms with Crippen LogP contribution in [0.15, 0.2) is 35.1 Å². The standard InChI is InChI=1S/C24H29N5O3S/c1-5-19-15(3)25-14(2)10-17(19)13-32-18-8-6-16(7-9-18)22(30)26-21-12-29(4)11-20(21)23-27-28-24(31)33-23/h6-10,20-21H,5,11-13H2,1-4H3,(H,26,30)(H,28,31)/t20-,21+/m0/s1. The first kappa shape index (κ1) is 23.1. The van der Waals surface area contributed by atoms with Crippen molar-refractivity contribution in [2.45, 2.75) is 45.8 Å². The minimum absolute atomic E-state index is 0.00876. The third kappa shape index (κ3) is 5.31. The lowest BCUT2D eigenvalue weighted by Gasteiger charge is -2.18. The van der Waals surface area contributed by atoms with E-state index in [1.807, 2.05) is 33.0 Å². The first-order valence-electron chi connectivity index (χ1n) is 11.1. The van der Waals surface area contributed by atoms with Crippen molar-refractivity contribution in [1.82, 2.24) is 25.4 Å². The summed E-state index contributed by atoms with van der Waals surface area (Å²) in [4.78, 5) is 30.9. The third-order valence-corrected chi connectivity index (χ3v) is 6.89. The maximum Gasteiger partial charge on any atom is 0.322 e. The van der Waals surface area contributed by atoms with Crippen LogP contribution in [0.3, 0.4) is 0 Å². The van der Waals surface area contributed by atoms with Crippen LogP contribution < -0.4 is 14.9 Å². The quantitative estimate of drug-likeness (QED) is 0.554. The number of nitrogens with zero attached hydrogens (tertiary/aromatic N) is 3. The Bertz CT molecular complexity index is 1190. The number of pyridine rings is 1. The highest BCUT2D eigenvalue weighted by molar-refractivity contribution is 7.08. The van der Waals surface area contributed by atoms with Crippen LogP contribution >= 0.6 is 11.3 Å². The van der Waals surface area contributed by atoms with Crippen LogP contribution in [0, 0.1) is 13.8 Å². The van der Waals surface area contributed by atoms with Gasteiger partial charge in [-0.05, 0) is 68.8 Å². The number of likely N-dealkylation sites (N-methyl/N-ethyl adjacent to an activating group) is 1. The molecule has 0 aliphatic carbocycles. The zero-order chi connectivity index (χ0) is 23.5. The average molecular weight is 468 g/mol. The van der Waals surface area contributed by atoms with E-state index < -0.39 is 0 Å². The van der Waals surface area contributed by atoms with Gasteiger partial charge in [0, 0.05) is 36.0 Å². The second kappa shape index (κ2) is 9.84. The maximum absolute atomic E-state index is 12.9. The van der Waals surface area contributed by atoms with Crippen molar-refractivity contribution < 1.29 is 9.53 Å². The molecule has 174 valence electrons. The Labute approximate surface area is 197 Å². The molecule has 2 aromatic heterocycles. The molecule has 0 spiro atoms. The summed E-state index contributed by atoms with van der Waals surface area (Å²) in [6.07, 6.45) is 0.906. The van der Waals surface area contributed by atoms with Crippen LogP contribution in [-0.2, 0) is 13.0 Å². The van der Waals surface area contributed by atoms with E-state index in [9.17, 15) is 9.59 Å². The van der Waals surface area contributed by atoms with Crippen LogP contribution in [0.4, 0.5) is 0 Å². The summed E-state index contributed by atoms with van der Waals surface area (Å²) >= 11 is 1.10. The van der Waals surface area contributed by atoms with E-state index in [-0.39, 0.29) is 22.7 Å². The number of carbonyl (C=O) groups excluding carboxylic acids is 1. The van der Waals surface area contributed by atoms with E-state index in [2.05, 4.69) is 38.4 Å². The molecule has 3 aromatic rings. The van der Waals surface area contributed by atoms with Gasteiger partial charge < -0.3 is 15.0 Å². The summed E-state index contributed by atoms with van der Waals surface area (Å²) in [6.45, 7) is 8.04. The maximum atomic E-state index is 12.9. The lowest BCUT2D eigenvalue weighted by Crippen LogP contribution is -2.39. The molecule has 0 bridgehead atoms. The summed E-state index contributed by atoms with van der Waals surface area (Å²) < 4.78 is 6.00. The molecule has 1 aromatic carbocycles. The van der Waals surface area contributed by atoms with Gasteiger partial charge in [0.15, 0.2) is 0 Å². The molecular weight excluding hydrogens is 438 g/mol. The Hall–Kier alpha value is -3.04. The topological polar surface area (TPSA) is 100 Å². The number of hydrogen-bond donors (Lipinski definition) is 2. The van der Waals surface area contributed by atoms with Gasteiger partial charge in [-0.15, -0.1) is 0 Å². The van der Waals surface area contributed by atoms with Crippen LogP contribution in [0.2, 0.25) is 0 Å². The molecule has 8 nitrogen and oxygen atoms in total. The van der Waals surface area contributed by atoms with Crippen molar-refractivity contribution >= 4 is 17.2 Å². The number of amides is 1. The Morgan fingerprint density at radius 3 is 2.70 bits per heavy atom. The number of aromatic amines is 1. The first-order chi connectivity index (χ1) is 15.8. The Morgan fingerprint density at radius 1 is 1.27 bits per heavy atom. The van der Waals surface area contributed by atoms with Crippen molar-refractivity contribution in [3.63, 3.8) is 0 Å². The summed E-state index contributed by atoms with van der Waals surface area (Å²) in [5.41, 5.74) is 4.95. The fourth-order valence-corrected chi connectivity index (χ4v) is 5.22. The second-order valence-electron chi connectivity index (χ2n) is 8.51. The van der Waals surface area contributed by atoms with Gasteiger partial charge in [0.25, 0.3) is 5.91 Å². The van der Waals surface area contributed by atoms with Gasteiger partial charge in [-0.2, -0.15) is 5.10 Å². The SMILES string of the molecule is CCc1c(COc2ccc(C(=O)N[C@@H]3CN(C)C[C@@H]3c3n[nH]c(=O)s3)cc2)cc(C)nc1C. The van der Waals surface area contributed by atoms with E-state index in [1.54, 1.807) is 12.1 Å². The van der Waals surface area contributed by atoms with Crippen LogP contribution in [0.1, 0.15) is 50.7 Å². The fraction of sp³-hybridized carbons (Fsp3) is 0.417. The van der Waals surface area contributed by atoms with Gasteiger partial charge >= 0.3 is 4.87 Å². The van der Waals surface area contributed by atoms with Crippen LogP contribution in [0.25, 0.3) is 0 Å². The van der Waals surface area contributed by atoms with Crippen molar-refractivity contribution in [3.8, 4) is 5.75 Å². The molecule has 1 aliphatic heterocycles. The van der Waals surface area contributed by atoms with Crippen molar-refractivity contribution in [3.05, 3.63) is 73.1 Å². The summed E-state index contributed by atoms with van der Waals surface area (Å²) in [5, 5.41) is 10.4. The lowest BCUT2D eigenvalue weighted by atomic mass is 10.0. The van der Waals surface area contributed by atoms with Crippen LogP contribution in [-0.4, -0.2) is 52.2 Å². The van der Waals surface area contributed by atoms with E-state index in [0.717, 1.165) is 46.3 Å². The zero-order valence-corrected chi connectivity index (χ0v) is 20.2.